The second kappa shape index (κ2) is 5.98. The molecule has 1 unspecified atom stereocenters. The molecule has 0 spiro atoms. The number of benzene rings is 1. The van der Waals surface area contributed by atoms with E-state index in [0.29, 0.717) is 18.9 Å². The van der Waals surface area contributed by atoms with E-state index >= 15 is 0 Å². The van der Waals surface area contributed by atoms with Gasteiger partial charge >= 0.3 is 0 Å². The highest BCUT2D eigenvalue weighted by molar-refractivity contribution is 6.00. The first-order valence-corrected chi connectivity index (χ1v) is 6.44. The highest BCUT2D eigenvalue weighted by Gasteiger charge is 2.26. The molecule has 1 aromatic carbocycles. The molecule has 1 saturated heterocycles. The smallest absolute Gasteiger partial charge is 0.179 e. The summed E-state index contributed by atoms with van der Waals surface area (Å²) in [6, 6.07) is 7.12. The van der Waals surface area contributed by atoms with E-state index in [9.17, 15) is 4.79 Å². The highest BCUT2D eigenvalue weighted by Crippen LogP contribution is 2.15. The fourth-order valence-electron chi connectivity index (χ4n) is 2.34. The number of anilines is 1. The lowest BCUT2D eigenvalue weighted by atomic mass is 10.00. The normalized spacial score (nSPS) is 18.5. The van der Waals surface area contributed by atoms with Crippen LogP contribution in [0.4, 0.5) is 5.69 Å². The molecule has 18 heavy (non-hydrogen) atoms. The van der Waals surface area contributed by atoms with Gasteiger partial charge in [0.25, 0.3) is 0 Å². The van der Waals surface area contributed by atoms with E-state index in [1.54, 1.807) is 24.3 Å². The van der Waals surface area contributed by atoms with Gasteiger partial charge in [-0.3, -0.25) is 9.69 Å². The fourth-order valence-corrected chi connectivity index (χ4v) is 2.34. The van der Waals surface area contributed by atoms with Gasteiger partial charge in [0.1, 0.15) is 0 Å². The van der Waals surface area contributed by atoms with Gasteiger partial charge in [0.05, 0.1) is 19.3 Å². The second-order valence-electron chi connectivity index (χ2n) is 4.56. The number of ketones is 1. The molecule has 2 rings (SSSR count). The quantitative estimate of drug-likeness (QED) is 0.649. The van der Waals surface area contributed by atoms with Gasteiger partial charge in [-0.15, -0.1) is 0 Å². The molecule has 1 aliphatic heterocycles. The predicted molar refractivity (Wildman–Crippen MR) is 71.7 cm³/mol. The minimum atomic E-state index is -0.0440. The van der Waals surface area contributed by atoms with Gasteiger partial charge in [0, 0.05) is 24.3 Å². The van der Waals surface area contributed by atoms with E-state index in [1.165, 1.54) is 0 Å². The lowest BCUT2D eigenvalue weighted by molar-refractivity contribution is 0.0170. The van der Waals surface area contributed by atoms with Crippen LogP contribution >= 0.6 is 0 Å². The number of nitrogen functional groups attached to an aromatic ring is 1. The van der Waals surface area contributed by atoms with Crippen molar-refractivity contribution < 1.29 is 9.53 Å². The molecule has 1 fully saturated rings. The average Bonchev–Trinajstić information content (AvgIpc) is 2.41. The lowest BCUT2D eigenvalue weighted by Crippen LogP contribution is -2.47. The average molecular weight is 248 g/mol. The van der Waals surface area contributed by atoms with Crippen LogP contribution in [0, 0.1) is 0 Å². The highest BCUT2D eigenvalue weighted by atomic mass is 16.5. The van der Waals surface area contributed by atoms with E-state index in [1.807, 2.05) is 0 Å². The molecular weight excluding hydrogens is 228 g/mol. The topological polar surface area (TPSA) is 55.6 Å². The molecular formula is C14H20N2O2. The van der Waals surface area contributed by atoms with Crippen molar-refractivity contribution >= 4 is 11.5 Å². The standard InChI is InChI=1S/C14H20N2O2/c1-2-13(16-7-9-18-10-8-16)14(17)11-3-5-12(15)6-4-11/h3-6,13H,2,7-10,15H2,1H3. The number of ether oxygens (including phenoxy) is 1. The number of carbonyl (C=O) groups is 1. The summed E-state index contributed by atoms with van der Waals surface area (Å²) >= 11 is 0. The van der Waals surface area contributed by atoms with Crippen molar-refractivity contribution in [2.45, 2.75) is 19.4 Å². The number of carbonyl (C=O) groups excluding carboxylic acids is 1. The molecule has 1 aromatic rings. The van der Waals surface area contributed by atoms with Crippen molar-refractivity contribution in [1.82, 2.24) is 4.90 Å². The Hall–Kier alpha value is -1.39. The molecule has 0 bridgehead atoms. The Bertz CT molecular complexity index is 397. The molecule has 0 saturated carbocycles. The van der Waals surface area contributed by atoms with Gasteiger partial charge in [-0.2, -0.15) is 0 Å². The molecule has 0 radical (unpaired) electrons. The summed E-state index contributed by atoms with van der Waals surface area (Å²) < 4.78 is 5.33. The van der Waals surface area contributed by atoms with Crippen molar-refractivity contribution in [2.24, 2.45) is 0 Å². The number of hydrogen-bond donors (Lipinski definition) is 1. The Balaban J connectivity index is 2.11. The zero-order valence-corrected chi connectivity index (χ0v) is 10.8. The summed E-state index contributed by atoms with van der Waals surface area (Å²) in [6.07, 6.45) is 0.823. The number of rotatable bonds is 4. The molecule has 0 amide bonds. The molecule has 2 N–H and O–H groups in total. The Morgan fingerprint density at radius 2 is 1.94 bits per heavy atom. The first-order valence-electron chi connectivity index (χ1n) is 6.44. The number of morpholine rings is 1. The fraction of sp³-hybridized carbons (Fsp3) is 0.500. The zero-order valence-electron chi connectivity index (χ0n) is 10.8. The monoisotopic (exact) mass is 248 g/mol. The van der Waals surface area contributed by atoms with Gasteiger partial charge in [-0.05, 0) is 30.7 Å². The summed E-state index contributed by atoms with van der Waals surface area (Å²) in [5, 5.41) is 0. The molecule has 0 aliphatic carbocycles. The molecule has 1 atom stereocenters. The van der Waals surface area contributed by atoms with Crippen LogP contribution in [-0.2, 0) is 4.74 Å². The van der Waals surface area contributed by atoms with Gasteiger partial charge < -0.3 is 10.5 Å². The van der Waals surface area contributed by atoms with Crippen molar-refractivity contribution in [3.05, 3.63) is 29.8 Å². The number of Topliss-reactive ketones (excluding diaryl/α,β-unsaturated/α-hetero) is 1. The summed E-state index contributed by atoms with van der Waals surface area (Å²) in [6.45, 7) is 5.14. The van der Waals surface area contributed by atoms with Gasteiger partial charge in [0.15, 0.2) is 5.78 Å². The number of nitrogens with two attached hydrogens (primary N) is 1. The molecule has 4 nitrogen and oxygen atoms in total. The van der Waals surface area contributed by atoms with Crippen molar-refractivity contribution in [3.8, 4) is 0 Å². The second-order valence-corrected chi connectivity index (χ2v) is 4.56. The van der Waals surface area contributed by atoms with Crippen LogP contribution in [-0.4, -0.2) is 43.0 Å². The first kappa shape index (κ1) is 13.1. The minimum absolute atomic E-state index is 0.0440. The Labute approximate surface area is 108 Å². The molecule has 0 aromatic heterocycles. The van der Waals surface area contributed by atoms with Crippen molar-refractivity contribution in [2.75, 3.05) is 32.0 Å². The largest absolute Gasteiger partial charge is 0.399 e. The third-order valence-corrected chi connectivity index (χ3v) is 3.37. The summed E-state index contributed by atoms with van der Waals surface area (Å²) in [7, 11) is 0. The van der Waals surface area contributed by atoms with Gasteiger partial charge in [-0.1, -0.05) is 6.92 Å². The number of nitrogens with zero attached hydrogens (tertiary/aromatic N) is 1. The van der Waals surface area contributed by atoms with E-state index in [2.05, 4.69) is 11.8 Å². The van der Waals surface area contributed by atoms with Gasteiger partial charge in [0.2, 0.25) is 0 Å². The SMILES string of the molecule is CCC(C(=O)c1ccc(N)cc1)N1CCOCC1. The Kier molecular flexibility index (Phi) is 4.33. The molecule has 98 valence electrons. The maximum atomic E-state index is 12.5. The third kappa shape index (κ3) is 2.89. The maximum Gasteiger partial charge on any atom is 0.179 e. The predicted octanol–water partition coefficient (Wildman–Crippen LogP) is 1.56. The Morgan fingerprint density at radius 1 is 1.33 bits per heavy atom. The Morgan fingerprint density at radius 3 is 2.50 bits per heavy atom. The van der Waals surface area contributed by atoms with Crippen LogP contribution in [0.15, 0.2) is 24.3 Å². The molecule has 1 aliphatic rings. The third-order valence-electron chi connectivity index (χ3n) is 3.37. The zero-order chi connectivity index (χ0) is 13.0. The van der Waals surface area contributed by atoms with Crippen LogP contribution in [0.1, 0.15) is 23.7 Å². The number of hydrogen-bond acceptors (Lipinski definition) is 4. The van der Waals surface area contributed by atoms with E-state index < -0.39 is 0 Å². The maximum absolute atomic E-state index is 12.5. The summed E-state index contributed by atoms with van der Waals surface area (Å²) in [5.74, 6) is 0.180. The van der Waals surface area contributed by atoms with E-state index in [0.717, 1.165) is 25.1 Å². The van der Waals surface area contributed by atoms with Crippen LogP contribution in [0.2, 0.25) is 0 Å². The first-order chi connectivity index (χ1) is 8.72. The van der Waals surface area contributed by atoms with Crippen LogP contribution in [0.3, 0.4) is 0 Å². The summed E-state index contributed by atoms with van der Waals surface area (Å²) in [4.78, 5) is 14.7. The van der Waals surface area contributed by atoms with E-state index in [4.69, 9.17) is 10.5 Å². The minimum Gasteiger partial charge on any atom is -0.399 e. The van der Waals surface area contributed by atoms with Crippen molar-refractivity contribution in [3.63, 3.8) is 0 Å². The molecule has 1 heterocycles. The van der Waals surface area contributed by atoms with Crippen molar-refractivity contribution in [1.29, 1.82) is 0 Å². The van der Waals surface area contributed by atoms with Crippen LogP contribution < -0.4 is 5.73 Å². The lowest BCUT2D eigenvalue weighted by Gasteiger charge is -2.33. The summed E-state index contributed by atoms with van der Waals surface area (Å²) in [5.41, 5.74) is 7.06. The van der Waals surface area contributed by atoms with Crippen LogP contribution in [0.5, 0.6) is 0 Å². The van der Waals surface area contributed by atoms with Crippen LogP contribution in [0.25, 0.3) is 0 Å². The molecule has 4 heteroatoms. The van der Waals surface area contributed by atoms with E-state index in [-0.39, 0.29) is 11.8 Å². The van der Waals surface area contributed by atoms with Gasteiger partial charge in [-0.25, -0.2) is 0 Å².